The molecule has 3 aliphatic rings. The van der Waals surface area contributed by atoms with E-state index in [1.807, 2.05) is 31.2 Å². The lowest BCUT2D eigenvalue weighted by molar-refractivity contribution is 0.0955. The lowest BCUT2D eigenvalue weighted by Crippen LogP contribution is -2.53. The average molecular weight is 273 g/mol. The summed E-state index contributed by atoms with van der Waals surface area (Å²) in [6.07, 6.45) is 2.63. The zero-order chi connectivity index (χ0) is 13.9. The van der Waals surface area contributed by atoms with Crippen molar-refractivity contribution in [1.82, 2.24) is 10.2 Å². The van der Waals surface area contributed by atoms with Crippen molar-refractivity contribution in [3.63, 3.8) is 0 Å². The number of rotatable bonds is 4. The monoisotopic (exact) mass is 273 g/mol. The summed E-state index contributed by atoms with van der Waals surface area (Å²) < 4.78 is 0. The number of carbonyl (C=O) groups excluding carboxylic acids is 1. The molecule has 0 saturated carbocycles. The van der Waals surface area contributed by atoms with E-state index in [2.05, 4.69) is 15.5 Å². The predicted molar refractivity (Wildman–Crippen MR) is 81.0 cm³/mol. The van der Waals surface area contributed by atoms with E-state index in [1.165, 1.54) is 25.9 Å². The standard InChI is InChI=1S/C16H23N3O/c1-2-17-16(20)13-3-5-14(6-4-13)18-15-11-19-9-7-12(15)8-10-19/h3-6,12,15,18H,2,7-11H2,1H3,(H,17,20). The number of hydrogen-bond acceptors (Lipinski definition) is 3. The van der Waals surface area contributed by atoms with Crippen molar-refractivity contribution in [3.8, 4) is 0 Å². The van der Waals surface area contributed by atoms with Gasteiger partial charge < -0.3 is 15.5 Å². The molecule has 4 nitrogen and oxygen atoms in total. The highest BCUT2D eigenvalue weighted by molar-refractivity contribution is 5.94. The van der Waals surface area contributed by atoms with Gasteiger partial charge in [-0.1, -0.05) is 0 Å². The van der Waals surface area contributed by atoms with Crippen LogP contribution in [-0.4, -0.2) is 43.0 Å². The maximum Gasteiger partial charge on any atom is 0.251 e. The van der Waals surface area contributed by atoms with Crippen LogP contribution in [0.25, 0.3) is 0 Å². The molecule has 1 aromatic rings. The summed E-state index contributed by atoms with van der Waals surface area (Å²) in [5, 5.41) is 6.46. The fourth-order valence-electron chi connectivity index (χ4n) is 3.32. The number of fused-ring (bicyclic) bond motifs is 3. The number of benzene rings is 1. The number of nitrogens with one attached hydrogen (secondary N) is 2. The maximum absolute atomic E-state index is 11.7. The van der Waals surface area contributed by atoms with E-state index >= 15 is 0 Å². The molecule has 4 rings (SSSR count). The van der Waals surface area contributed by atoms with Gasteiger partial charge in [0.15, 0.2) is 0 Å². The molecule has 1 atom stereocenters. The number of anilines is 1. The molecule has 0 aromatic heterocycles. The molecule has 3 fully saturated rings. The first-order chi connectivity index (χ1) is 9.76. The number of piperidine rings is 3. The van der Waals surface area contributed by atoms with E-state index in [4.69, 9.17) is 0 Å². The van der Waals surface area contributed by atoms with Crippen molar-refractivity contribution in [2.75, 3.05) is 31.5 Å². The highest BCUT2D eigenvalue weighted by Gasteiger charge is 2.33. The van der Waals surface area contributed by atoms with Gasteiger partial charge in [0.1, 0.15) is 0 Å². The van der Waals surface area contributed by atoms with Crippen molar-refractivity contribution < 1.29 is 4.79 Å². The Labute approximate surface area is 120 Å². The van der Waals surface area contributed by atoms with Crippen molar-refractivity contribution in [2.45, 2.75) is 25.8 Å². The van der Waals surface area contributed by atoms with Crippen molar-refractivity contribution >= 4 is 11.6 Å². The van der Waals surface area contributed by atoms with Crippen molar-refractivity contribution in [3.05, 3.63) is 29.8 Å². The molecule has 20 heavy (non-hydrogen) atoms. The number of amides is 1. The van der Waals surface area contributed by atoms with Gasteiger partial charge in [-0.2, -0.15) is 0 Å². The van der Waals surface area contributed by atoms with Crippen LogP contribution in [0.15, 0.2) is 24.3 Å². The fraction of sp³-hybridized carbons (Fsp3) is 0.562. The summed E-state index contributed by atoms with van der Waals surface area (Å²) >= 11 is 0. The molecular weight excluding hydrogens is 250 g/mol. The highest BCUT2D eigenvalue weighted by Crippen LogP contribution is 2.29. The first-order valence-electron chi connectivity index (χ1n) is 7.63. The molecule has 0 radical (unpaired) electrons. The van der Waals surface area contributed by atoms with Crippen LogP contribution < -0.4 is 10.6 Å². The average Bonchev–Trinajstić information content (AvgIpc) is 2.49. The fourth-order valence-corrected chi connectivity index (χ4v) is 3.32. The number of carbonyl (C=O) groups is 1. The SMILES string of the molecule is CCNC(=O)c1ccc(NC2CN3CCC2CC3)cc1. The van der Waals surface area contributed by atoms with Gasteiger partial charge in [-0.3, -0.25) is 4.79 Å². The Kier molecular flexibility index (Phi) is 3.92. The molecule has 3 aliphatic heterocycles. The van der Waals surface area contributed by atoms with Crippen LogP contribution >= 0.6 is 0 Å². The second-order valence-corrected chi connectivity index (χ2v) is 5.83. The van der Waals surface area contributed by atoms with Gasteiger partial charge >= 0.3 is 0 Å². The third-order valence-electron chi connectivity index (χ3n) is 4.49. The molecule has 0 spiro atoms. The summed E-state index contributed by atoms with van der Waals surface area (Å²) in [5.41, 5.74) is 1.85. The summed E-state index contributed by atoms with van der Waals surface area (Å²) in [6.45, 7) is 6.28. The van der Waals surface area contributed by atoms with Gasteiger partial charge in [-0.25, -0.2) is 0 Å². The topological polar surface area (TPSA) is 44.4 Å². The van der Waals surface area contributed by atoms with Gasteiger partial charge in [0, 0.05) is 30.4 Å². The zero-order valence-electron chi connectivity index (χ0n) is 12.1. The lowest BCUT2D eigenvalue weighted by atomic mass is 9.84. The minimum absolute atomic E-state index is 0.00174. The summed E-state index contributed by atoms with van der Waals surface area (Å²) in [5.74, 6) is 0.810. The third-order valence-corrected chi connectivity index (χ3v) is 4.49. The summed E-state index contributed by atoms with van der Waals surface area (Å²) in [6, 6.07) is 8.39. The van der Waals surface area contributed by atoms with E-state index < -0.39 is 0 Å². The van der Waals surface area contributed by atoms with E-state index in [-0.39, 0.29) is 5.91 Å². The smallest absolute Gasteiger partial charge is 0.251 e. The van der Waals surface area contributed by atoms with Crippen molar-refractivity contribution in [2.24, 2.45) is 5.92 Å². The number of nitrogens with zero attached hydrogens (tertiary/aromatic N) is 1. The predicted octanol–water partition coefficient (Wildman–Crippen LogP) is 1.94. The van der Waals surface area contributed by atoms with Crippen molar-refractivity contribution in [1.29, 1.82) is 0 Å². The second kappa shape index (κ2) is 5.83. The van der Waals surface area contributed by atoms with E-state index in [0.29, 0.717) is 12.6 Å². The molecule has 3 saturated heterocycles. The molecular formula is C16H23N3O. The quantitative estimate of drug-likeness (QED) is 0.881. The van der Waals surface area contributed by atoms with Crippen LogP contribution in [0.3, 0.4) is 0 Å². The van der Waals surface area contributed by atoms with Gasteiger partial charge in [0.25, 0.3) is 5.91 Å². The normalized spacial score (nSPS) is 28.1. The lowest BCUT2D eigenvalue weighted by Gasteiger charge is -2.45. The molecule has 1 aromatic carbocycles. The van der Waals surface area contributed by atoms with Gasteiger partial charge in [0.05, 0.1) is 0 Å². The van der Waals surface area contributed by atoms with Crippen LogP contribution in [0.1, 0.15) is 30.1 Å². The van der Waals surface area contributed by atoms with E-state index in [9.17, 15) is 4.79 Å². The van der Waals surface area contributed by atoms with Gasteiger partial charge in [-0.05, 0) is 63.0 Å². The van der Waals surface area contributed by atoms with Crippen LogP contribution in [-0.2, 0) is 0 Å². The Morgan fingerprint density at radius 1 is 1.25 bits per heavy atom. The van der Waals surface area contributed by atoms with E-state index in [0.717, 1.165) is 23.7 Å². The minimum atomic E-state index is 0.00174. The Morgan fingerprint density at radius 2 is 1.95 bits per heavy atom. The molecule has 108 valence electrons. The second-order valence-electron chi connectivity index (χ2n) is 5.83. The Bertz CT molecular complexity index is 463. The largest absolute Gasteiger partial charge is 0.381 e. The van der Waals surface area contributed by atoms with Gasteiger partial charge in [0.2, 0.25) is 0 Å². The van der Waals surface area contributed by atoms with Crippen LogP contribution in [0.2, 0.25) is 0 Å². The molecule has 0 aliphatic carbocycles. The Balaban J connectivity index is 1.62. The van der Waals surface area contributed by atoms with Crippen LogP contribution in [0.5, 0.6) is 0 Å². The molecule has 2 bridgehead atoms. The molecule has 1 amide bonds. The van der Waals surface area contributed by atoms with Crippen LogP contribution in [0, 0.1) is 5.92 Å². The van der Waals surface area contributed by atoms with E-state index in [1.54, 1.807) is 0 Å². The summed E-state index contributed by atoms with van der Waals surface area (Å²) in [4.78, 5) is 14.3. The Morgan fingerprint density at radius 3 is 2.50 bits per heavy atom. The maximum atomic E-state index is 11.7. The minimum Gasteiger partial charge on any atom is -0.381 e. The molecule has 3 heterocycles. The number of hydrogen-bond donors (Lipinski definition) is 2. The first kappa shape index (κ1) is 13.4. The molecule has 4 heteroatoms. The van der Waals surface area contributed by atoms with Gasteiger partial charge in [-0.15, -0.1) is 0 Å². The molecule has 1 unspecified atom stereocenters. The Hall–Kier alpha value is -1.55. The summed E-state index contributed by atoms with van der Waals surface area (Å²) in [7, 11) is 0. The molecule has 2 N–H and O–H groups in total. The first-order valence-corrected chi connectivity index (χ1v) is 7.63. The highest BCUT2D eigenvalue weighted by atomic mass is 16.1. The van der Waals surface area contributed by atoms with Crippen LogP contribution in [0.4, 0.5) is 5.69 Å². The zero-order valence-corrected chi connectivity index (χ0v) is 12.1. The third kappa shape index (κ3) is 2.80.